The number of anilines is 2. The van der Waals surface area contributed by atoms with E-state index >= 15 is 0 Å². The van der Waals surface area contributed by atoms with Gasteiger partial charge in [0.15, 0.2) is 11.5 Å². The van der Waals surface area contributed by atoms with E-state index in [9.17, 15) is 0 Å². The van der Waals surface area contributed by atoms with Crippen LogP contribution in [0.1, 0.15) is 0 Å². The van der Waals surface area contributed by atoms with Crippen LogP contribution < -0.4 is 5.32 Å². The summed E-state index contributed by atoms with van der Waals surface area (Å²) in [6.07, 6.45) is 3.27. The number of rotatable bonds is 2. The Morgan fingerprint density at radius 2 is 1.76 bits per heavy atom. The Balaban J connectivity index is 1.90. The summed E-state index contributed by atoms with van der Waals surface area (Å²) in [7, 11) is 0. The van der Waals surface area contributed by atoms with Gasteiger partial charge >= 0.3 is 0 Å². The summed E-state index contributed by atoms with van der Waals surface area (Å²) < 4.78 is 0. The maximum absolute atomic E-state index is 4.58. The number of aromatic nitrogens is 4. The lowest BCUT2D eigenvalue weighted by atomic mass is 10.2. The minimum atomic E-state index is 0.679. The van der Waals surface area contributed by atoms with Gasteiger partial charge in [0.05, 0.1) is 5.52 Å². The van der Waals surface area contributed by atoms with Crippen molar-refractivity contribution in [2.45, 2.75) is 0 Å². The van der Waals surface area contributed by atoms with Gasteiger partial charge in [-0.1, -0.05) is 18.2 Å². The zero-order chi connectivity index (χ0) is 14.1. The Hall–Kier alpha value is -3.08. The summed E-state index contributed by atoms with van der Waals surface area (Å²) in [6, 6.07) is 15.7. The van der Waals surface area contributed by atoms with Crippen molar-refractivity contribution in [1.82, 2.24) is 19.9 Å². The average molecular weight is 273 g/mol. The highest BCUT2D eigenvalue weighted by Crippen LogP contribution is 2.23. The Morgan fingerprint density at radius 3 is 2.67 bits per heavy atom. The van der Waals surface area contributed by atoms with E-state index in [0.29, 0.717) is 17.0 Å². The average Bonchev–Trinajstić information content (AvgIpc) is 2.54. The molecule has 21 heavy (non-hydrogen) atoms. The SMILES string of the molecule is c1ccc(Nc2ncnc3cc4cccnc4nc23)cc1. The zero-order valence-corrected chi connectivity index (χ0v) is 11.1. The number of nitrogens with one attached hydrogen (secondary N) is 1. The molecule has 5 nitrogen and oxygen atoms in total. The van der Waals surface area contributed by atoms with Gasteiger partial charge in [-0.3, -0.25) is 0 Å². The number of fused-ring (bicyclic) bond motifs is 2. The molecule has 100 valence electrons. The number of hydrogen-bond donors (Lipinski definition) is 1. The number of hydrogen-bond acceptors (Lipinski definition) is 5. The van der Waals surface area contributed by atoms with Crippen LogP contribution in [0.4, 0.5) is 11.5 Å². The highest BCUT2D eigenvalue weighted by atomic mass is 15.0. The van der Waals surface area contributed by atoms with Crippen LogP contribution in [0.15, 0.2) is 61.1 Å². The fraction of sp³-hybridized carbons (Fsp3) is 0. The summed E-state index contributed by atoms with van der Waals surface area (Å²) in [6.45, 7) is 0. The molecule has 0 saturated carbocycles. The van der Waals surface area contributed by atoms with Crippen LogP contribution in [0, 0.1) is 0 Å². The standard InChI is InChI=1S/C16H11N5/c1-2-6-12(7-3-1)20-16-14-13(18-10-19-16)9-11-5-4-8-17-15(11)21-14/h1-10H,(H,18,19,20). The van der Waals surface area contributed by atoms with Crippen molar-refractivity contribution in [2.24, 2.45) is 0 Å². The number of benzene rings is 1. The molecule has 3 heterocycles. The van der Waals surface area contributed by atoms with E-state index in [0.717, 1.165) is 16.6 Å². The molecule has 0 aliphatic heterocycles. The smallest absolute Gasteiger partial charge is 0.160 e. The van der Waals surface area contributed by atoms with Crippen LogP contribution in [0.25, 0.3) is 22.1 Å². The van der Waals surface area contributed by atoms with Crippen LogP contribution >= 0.6 is 0 Å². The lowest BCUT2D eigenvalue weighted by molar-refractivity contribution is 1.20. The first-order valence-electron chi connectivity index (χ1n) is 6.59. The molecule has 0 radical (unpaired) electrons. The van der Waals surface area contributed by atoms with E-state index in [1.165, 1.54) is 6.33 Å². The van der Waals surface area contributed by atoms with E-state index in [2.05, 4.69) is 25.3 Å². The summed E-state index contributed by atoms with van der Waals surface area (Å²) in [4.78, 5) is 17.4. The molecule has 0 aliphatic rings. The molecular weight excluding hydrogens is 262 g/mol. The lowest BCUT2D eigenvalue weighted by Crippen LogP contribution is -1.98. The molecule has 4 aromatic rings. The normalized spacial score (nSPS) is 10.9. The second-order valence-corrected chi connectivity index (χ2v) is 4.62. The molecule has 0 spiro atoms. The second kappa shape index (κ2) is 4.79. The van der Waals surface area contributed by atoms with Crippen molar-refractivity contribution in [2.75, 3.05) is 5.32 Å². The van der Waals surface area contributed by atoms with Crippen molar-refractivity contribution in [1.29, 1.82) is 0 Å². The van der Waals surface area contributed by atoms with Crippen molar-refractivity contribution in [3.63, 3.8) is 0 Å². The summed E-state index contributed by atoms with van der Waals surface area (Å²) >= 11 is 0. The van der Waals surface area contributed by atoms with Gasteiger partial charge in [-0.25, -0.2) is 19.9 Å². The Morgan fingerprint density at radius 1 is 0.857 bits per heavy atom. The predicted octanol–water partition coefficient (Wildman–Crippen LogP) is 3.32. The minimum Gasteiger partial charge on any atom is -0.338 e. The van der Waals surface area contributed by atoms with Crippen molar-refractivity contribution in [3.8, 4) is 0 Å². The fourth-order valence-electron chi connectivity index (χ4n) is 2.23. The topological polar surface area (TPSA) is 63.6 Å². The first kappa shape index (κ1) is 11.7. The first-order valence-corrected chi connectivity index (χ1v) is 6.59. The highest BCUT2D eigenvalue weighted by molar-refractivity contribution is 5.94. The van der Waals surface area contributed by atoms with Gasteiger partial charge in [-0.2, -0.15) is 0 Å². The maximum atomic E-state index is 4.58. The molecule has 0 amide bonds. The predicted molar refractivity (Wildman–Crippen MR) is 82.4 cm³/mol. The number of pyridine rings is 2. The number of para-hydroxylation sites is 1. The van der Waals surface area contributed by atoms with E-state index < -0.39 is 0 Å². The Labute approximate surface area is 120 Å². The van der Waals surface area contributed by atoms with Crippen LogP contribution in [-0.4, -0.2) is 19.9 Å². The van der Waals surface area contributed by atoms with Crippen LogP contribution in [0.2, 0.25) is 0 Å². The summed E-state index contributed by atoms with van der Waals surface area (Å²) in [5, 5.41) is 4.24. The summed E-state index contributed by atoms with van der Waals surface area (Å²) in [5.41, 5.74) is 3.16. The molecule has 0 unspecified atom stereocenters. The van der Waals surface area contributed by atoms with Crippen molar-refractivity contribution in [3.05, 3.63) is 61.1 Å². The molecule has 4 rings (SSSR count). The van der Waals surface area contributed by atoms with Gasteiger partial charge < -0.3 is 5.32 Å². The van der Waals surface area contributed by atoms with E-state index in [4.69, 9.17) is 0 Å². The quantitative estimate of drug-likeness (QED) is 0.568. The molecule has 1 N–H and O–H groups in total. The second-order valence-electron chi connectivity index (χ2n) is 4.62. The molecule has 0 saturated heterocycles. The van der Waals surface area contributed by atoms with Crippen LogP contribution in [0.5, 0.6) is 0 Å². The van der Waals surface area contributed by atoms with Gasteiger partial charge in [0, 0.05) is 17.3 Å². The van der Waals surface area contributed by atoms with Crippen molar-refractivity contribution >= 4 is 33.6 Å². The molecule has 5 heteroatoms. The van der Waals surface area contributed by atoms with Crippen LogP contribution in [0.3, 0.4) is 0 Å². The molecule has 1 aromatic carbocycles. The first-order chi connectivity index (χ1) is 10.4. The third-order valence-electron chi connectivity index (χ3n) is 3.21. The molecule has 0 aliphatic carbocycles. The maximum Gasteiger partial charge on any atom is 0.160 e. The highest BCUT2D eigenvalue weighted by Gasteiger charge is 2.07. The number of nitrogens with zero attached hydrogens (tertiary/aromatic N) is 4. The zero-order valence-electron chi connectivity index (χ0n) is 11.1. The monoisotopic (exact) mass is 273 g/mol. The van der Waals surface area contributed by atoms with Gasteiger partial charge in [-0.15, -0.1) is 0 Å². The molecular formula is C16H11N5. The van der Waals surface area contributed by atoms with E-state index in [-0.39, 0.29) is 0 Å². The fourth-order valence-corrected chi connectivity index (χ4v) is 2.23. The molecule has 3 aromatic heterocycles. The van der Waals surface area contributed by atoms with Gasteiger partial charge in [-0.05, 0) is 30.3 Å². The van der Waals surface area contributed by atoms with E-state index in [1.54, 1.807) is 6.20 Å². The van der Waals surface area contributed by atoms with Gasteiger partial charge in [0.25, 0.3) is 0 Å². The molecule has 0 fully saturated rings. The van der Waals surface area contributed by atoms with Gasteiger partial charge in [0.1, 0.15) is 11.8 Å². The van der Waals surface area contributed by atoms with E-state index in [1.807, 2.05) is 48.5 Å². The minimum absolute atomic E-state index is 0.679. The third-order valence-corrected chi connectivity index (χ3v) is 3.21. The Bertz CT molecular complexity index is 921. The van der Waals surface area contributed by atoms with Crippen LogP contribution in [-0.2, 0) is 0 Å². The van der Waals surface area contributed by atoms with Crippen molar-refractivity contribution < 1.29 is 0 Å². The lowest BCUT2D eigenvalue weighted by Gasteiger charge is -2.08. The summed E-state index contributed by atoms with van der Waals surface area (Å²) in [5.74, 6) is 0.679. The Kier molecular flexibility index (Phi) is 2.67. The van der Waals surface area contributed by atoms with Gasteiger partial charge in [0.2, 0.25) is 0 Å². The molecule has 0 atom stereocenters. The molecule has 0 bridgehead atoms. The third kappa shape index (κ3) is 2.14. The largest absolute Gasteiger partial charge is 0.338 e.